The Bertz CT molecular complexity index is 1220. The lowest BCUT2D eigenvalue weighted by molar-refractivity contribution is 0.0468. The van der Waals surface area contributed by atoms with Gasteiger partial charge >= 0.3 is 5.97 Å². The van der Waals surface area contributed by atoms with Crippen LogP contribution in [0.4, 0.5) is 0 Å². The van der Waals surface area contributed by atoms with E-state index in [2.05, 4.69) is 9.97 Å². The molecule has 1 aliphatic rings. The maximum atomic E-state index is 12.6. The largest absolute Gasteiger partial charge is 0.453 e. The van der Waals surface area contributed by atoms with Crippen LogP contribution in [0.15, 0.2) is 46.6 Å². The highest BCUT2D eigenvalue weighted by Gasteiger charge is 2.20. The minimum Gasteiger partial charge on any atom is -0.453 e. The molecule has 7 heteroatoms. The third-order valence-electron chi connectivity index (χ3n) is 4.87. The second kappa shape index (κ2) is 7.00. The Morgan fingerprint density at radius 1 is 1.21 bits per heavy atom. The van der Waals surface area contributed by atoms with Crippen molar-refractivity contribution in [1.29, 1.82) is 0 Å². The van der Waals surface area contributed by atoms with Crippen molar-refractivity contribution in [2.24, 2.45) is 0 Å². The zero-order chi connectivity index (χ0) is 19.1. The Hall–Kier alpha value is -2.77. The number of rotatable bonds is 4. The van der Waals surface area contributed by atoms with Gasteiger partial charge in [-0.2, -0.15) is 0 Å². The number of aromatic amines is 1. The molecule has 5 nitrogen and oxygen atoms in total. The molecule has 140 valence electrons. The van der Waals surface area contributed by atoms with E-state index in [0.717, 1.165) is 30.4 Å². The summed E-state index contributed by atoms with van der Waals surface area (Å²) in [5.41, 5.74) is 2.89. The van der Waals surface area contributed by atoms with Crippen molar-refractivity contribution in [2.45, 2.75) is 25.9 Å². The van der Waals surface area contributed by atoms with Gasteiger partial charge in [0.1, 0.15) is 22.1 Å². The van der Waals surface area contributed by atoms with Crippen molar-refractivity contribution in [2.75, 3.05) is 0 Å². The van der Waals surface area contributed by atoms with E-state index in [0.29, 0.717) is 20.9 Å². The van der Waals surface area contributed by atoms with Gasteiger partial charge < -0.3 is 9.72 Å². The van der Waals surface area contributed by atoms with E-state index >= 15 is 0 Å². The van der Waals surface area contributed by atoms with Gasteiger partial charge in [0.2, 0.25) is 0 Å². The summed E-state index contributed by atoms with van der Waals surface area (Å²) in [6, 6.07) is 11.7. The molecule has 0 radical (unpaired) electrons. The predicted octanol–water partition coefficient (Wildman–Crippen LogP) is 4.56. The molecule has 1 aliphatic carbocycles. The van der Waals surface area contributed by atoms with E-state index in [9.17, 15) is 9.59 Å². The molecule has 0 saturated carbocycles. The van der Waals surface area contributed by atoms with E-state index in [4.69, 9.17) is 4.74 Å². The highest BCUT2D eigenvalue weighted by atomic mass is 32.1. The monoisotopic (exact) mass is 408 g/mol. The summed E-state index contributed by atoms with van der Waals surface area (Å²) >= 11 is 2.92. The Morgan fingerprint density at radius 2 is 2.07 bits per heavy atom. The summed E-state index contributed by atoms with van der Waals surface area (Å²) < 4.78 is 5.39. The fourth-order valence-corrected chi connectivity index (χ4v) is 5.64. The Kier molecular flexibility index (Phi) is 4.33. The summed E-state index contributed by atoms with van der Waals surface area (Å²) in [6.07, 6.45) is 3.24. The Morgan fingerprint density at radius 3 is 2.89 bits per heavy atom. The van der Waals surface area contributed by atoms with Crippen LogP contribution in [0.2, 0.25) is 0 Å². The van der Waals surface area contributed by atoms with Gasteiger partial charge in [0.25, 0.3) is 5.56 Å². The van der Waals surface area contributed by atoms with Gasteiger partial charge in [0, 0.05) is 15.8 Å². The number of thiophene rings is 2. The number of aromatic nitrogens is 2. The summed E-state index contributed by atoms with van der Waals surface area (Å²) in [7, 11) is 0. The number of nitrogens with one attached hydrogen (secondary N) is 1. The average Bonchev–Trinajstić information content (AvgIpc) is 3.41. The number of H-pyrrole nitrogens is 1. The van der Waals surface area contributed by atoms with Crippen LogP contribution in [-0.2, 0) is 24.2 Å². The number of nitrogens with zero attached hydrogens (tertiary/aromatic N) is 1. The number of hydrogen-bond donors (Lipinski definition) is 1. The van der Waals surface area contributed by atoms with Crippen molar-refractivity contribution in [3.05, 3.63) is 73.3 Å². The number of aryl methyl sites for hydroxylation is 2. The fourth-order valence-electron chi connectivity index (χ4n) is 3.53. The summed E-state index contributed by atoms with van der Waals surface area (Å²) in [4.78, 5) is 34.8. The molecule has 0 saturated heterocycles. The number of benzene rings is 1. The number of fused-ring (bicyclic) bond motifs is 2. The first-order valence-electron chi connectivity index (χ1n) is 9.03. The van der Waals surface area contributed by atoms with Gasteiger partial charge in [-0.25, -0.2) is 9.78 Å². The first-order chi connectivity index (χ1) is 13.7. The van der Waals surface area contributed by atoms with Gasteiger partial charge in [-0.1, -0.05) is 30.3 Å². The summed E-state index contributed by atoms with van der Waals surface area (Å²) in [6.45, 7) is -0.0504. The van der Waals surface area contributed by atoms with Crippen molar-refractivity contribution in [3.63, 3.8) is 0 Å². The molecule has 5 rings (SSSR count). The topological polar surface area (TPSA) is 72.0 Å². The van der Waals surface area contributed by atoms with Gasteiger partial charge in [0.05, 0.1) is 5.39 Å². The van der Waals surface area contributed by atoms with Crippen LogP contribution in [0, 0.1) is 0 Å². The average molecular weight is 409 g/mol. The van der Waals surface area contributed by atoms with Crippen molar-refractivity contribution in [1.82, 2.24) is 9.97 Å². The lowest BCUT2D eigenvalue weighted by Gasteiger charge is -2.04. The van der Waals surface area contributed by atoms with Gasteiger partial charge in [0.15, 0.2) is 0 Å². The molecule has 0 spiro atoms. The number of esters is 1. The van der Waals surface area contributed by atoms with Crippen LogP contribution in [-0.4, -0.2) is 15.9 Å². The fraction of sp³-hybridized carbons (Fsp3) is 0.190. The number of ether oxygens (including phenoxy) is 1. The van der Waals surface area contributed by atoms with Crippen LogP contribution >= 0.6 is 22.7 Å². The quantitative estimate of drug-likeness (QED) is 0.503. The molecule has 0 amide bonds. The minimum absolute atomic E-state index is 0.0504. The maximum Gasteiger partial charge on any atom is 0.348 e. The van der Waals surface area contributed by atoms with Crippen LogP contribution in [0.1, 0.15) is 32.4 Å². The lowest BCUT2D eigenvalue weighted by Crippen LogP contribution is -2.13. The first kappa shape index (κ1) is 17.3. The zero-order valence-electron chi connectivity index (χ0n) is 14.9. The van der Waals surface area contributed by atoms with Gasteiger partial charge in [-0.05, 0) is 36.5 Å². The van der Waals surface area contributed by atoms with Crippen LogP contribution < -0.4 is 5.56 Å². The second-order valence-corrected chi connectivity index (χ2v) is 8.69. The number of hydrogen-bond acceptors (Lipinski definition) is 6. The highest BCUT2D eigenvalue weighted by molar-refractivity contribution is 7.17. The Labute approximate surface area is 168 Å². The SMILES string of the molecule is O=C(OCc1nc2scc(-c3ccccc3)c2c(=O)[nH]1)c1cc2c(s1)CCC2. The smallest absolute Gasteiger partial charge is 0.348 e. The third-order valence-corrected chi connectivity index (χ3v) is 6.95. The van der Waals surface area contributed by atoms with E-state index in [-0.39, 0.29) is 18.1 Å². The molecule has 0 atom stereocenters. The van der Waals surface area contributed by atoms with Crippen LogP contribution in [0.5, 0.6) is 0 Å². The van der Waals surface area contributed by atoms with Gasteiger partial charge in [-0.15, -0.1) is 22.7 Å². The van der Waals surface area contributed by atoms with Gasteiger partial charge in [-0.3, -0.25) is 4.79 Å². The molecule has 0 aliphatic heterocycles. The van der Waals surface area contributed by atoms with Crippen LogP contribution in [0.3, 0.4) is 0 Å². The molecule has 3 aromatic heterocycles. The molecule has 3 heterocycles. The van der Waals surface area contributed by atoms with E-state index < -0.39 is 0 Å². The molecule has 1 N–H and O–H groups in total. The molecule has 0 fully saturated rings. The molecule has 4 aromatic rings. The van der Waals surface area contributed by atoms with E-state index in [1.54, 1.807) is 0 Å². The number of carbonyl (C=O) groups excluding carboxylic acids is 1. The number of carbonyl (C=O) groups is 1. The highest BCUT2D eigenvalue weighted by Crippen LogP contribution is 2.32. The van der Waals surface area contributed by atoms with E-state index in [1.165, 1.54) is 33.1 Å². The summed E-state index contributed by atoms with van der Waals surface area (Å²) in [5.74, 6) is -0.00490. The first-order valence-corrected chi connectivity index (χ1v) is 10.7. The predicted molar refractivity (Wildman–Crippen MR) is 111 cm³/mol. The second-order valence-electron chi connectivity index (χ2n) is 6.70. The summed E-state index contributed by atoms with van der Waals surface area (Å²) in [5, 5.41) is 2.51. The molecule has 1 aromatic carbocycles. The molecule has 0 unspecified atom stereocenters. The molecular formula is C21H16N2O3S2. The normalized spacial score (nSPS) is 13.0. The van der Waals surface area contributed by atoms with Crippen molar-refractivity contribution >= 4 is 38.9 Å². The standard InChI is InChI=1S/C21H16N2O3S2/c24-19-18-14(12-5-2-1-3-6-12)11-27-20(18)23-17(22-19)10-26-21(25)16-9-13-7-4-8-15(13)28-16/h1-3,5-6,9,11H,4,7-8,10H2,(H,22,23,24). The zero-order valence-corrected chi connectivity index (χ0v) is 16.5. The van der Waals surface area contributed by atoms with E-state index in [1.807, 2.05) is 41.8 Å². The Balaban J connectivity index is 1.38. The third kappa shape index (κ3) is 3.06. The van der Waals surface area contributed by atoms with Crippen molar-refractivity contribution < 1.29 is 9.53 Å². The molecule has 0 bridgehead atoms. The lowest BCUT2D eigenvalue weighted by atomic mass is 10.1. The van der Waals surface area contributed by atoms with Crippen molar-refractivity contribution in [3.8, 4) is 11.1 Å². The molecular weight excluding hydrogens is 392 g/mol. The minimum atomic E-state index is -0.363. The molecule has 28 heavy (non-hydrogen) atoms. The van der Waals surface area contributed by atoms with Crippen LogP contribution in [0.25, 0.3) is 21.3 Å². The maximum absolute atomic E-state index is 12.6.